The SMILES string of the molecule is COc1ccc(N(C(=O)Nc2ccc(F)cc2)C(C)c2nc3ccccc3c(=O)n2N2CCN(C(=O)[C@H](Cc3cnc[nH]3)NC(=O)OC(C)(C)C)CC2)c(OC)c1. The number of methoxy groups -OCH3 is 2. The Morgan fingerprint density at radius 3 is 2.35 bits per heavy atom. The molecule has 4 amide bonds. The van der Waals surface area contributed by atoms with Gasteiger partial charge in [0.1, 0.15) is 29.0 Å². The van der Waals surface area contributed by atoms with Crippen LogP contribution in [0.4, 0.5) is 25.4 Å². The molecule has 57 heavy (non-hydrogen) atoms. The van der Waals surface area contributed by atoms with Gasteiger partial charge < -0.3 is 39.7 Å². The number of nitrogens with zero attached hydrogens (tertiary/aromatic N) is 6. The predicted molar refractivity (Wildman–Crippen MR) is 212 cm³/mol. The highest BCUT2D eigenvalue weighted by molar-refractivity contribution is 6.03. The minimum atomic E-state index is -0.958. The van der Waals surface area contributed by atoms with Crippen LogP contribution in [-0.4, -0.2) is 94.6 Å². The summed E-state index contributed by atoms with van der Waals surface area (Å²) in [5, 5.41) is 7.71. The van der Waals surface area contributed by atoms with E-state index >= 15 is 0 Å². The lowest BCUT2D eigenvalue weighted by Crippen LogP contribution is -2.60. The number of alkyl carbamates (subject to hydrolysis) is 1. The fourth-order valence-corrected chi connectivity index (χ4v) is 6.60. The zero-order chi connectivity index (χ0) is 40.9. The molecule has 2 aromatic heterocycles. The Kier molecular flexibility index (Phi) is 11.9. The first kappa shape index (κ1) is 40.0. The number of amides is 4. The van der Waals surface area contributed by atoms with E-state index in [-0.39, 0.29) is 49.9 Å². The van der Waals surface area contributed by atoms with Crippen LogP contribution in [0.5, 0.6) is 11.5 Å². The van der Waals surface area contributed by atoms with Crippen molar-refractivity contribution in [1.29, 1.82) is 0 Å². The summed E-state index contributed by atoms with van der Waals surface area (Å²) >= 11 is 0. The number of imidazole rings is 1. The molecule has 3 N–H and O–H groups in total. The molecule has 3 aromatic carbocycles. The zero-order valence-electron chi connectivity index (χ0n) is 32.6. The maximum absolute atomic E-state index is 14.5. The molecule has 5 aromatic rings. The van der Waals surface area contributed by atoms with Crippen LogP contribution in [-0.2, 0) is 16.0 Å². The lowest BCUT2D eigenvalue weighted by Gasteiger charge is -2.40. The van der Waals surface area contributed by atoms with Crippen molar-refractivity contribution < 1.29 is 33.0 Å². The molecule has 1 fully saturated rings. The van der Waals surface area contributed by atoms with E-state index < -0.39 is 35.6 Å². The van der Waals surface area contributed by atoms with Crippen molar-refractivity contribution >= 4 is 40.3 Å². The number of para-hydroxylation sites is 1. The Bertz CT molecular complexity index is 2270. The van der Waals surface area contributed by atoms with Crippen LogP contribution >= 0.6 is 0 Å². The monoisotopic (exact) mass is 783 g/mol. The molecular weight excluding hydrogens is 737 g/mol. The summed E-state index contributed by atoms with van der Waals surface area (Å²) in [5.41, 5.74) is 0.606. The Morgan fingerprint density at radius 2 is 1.70 bits per heavy atom. The third-order valence-corrected chi connectivity index (χ3v) is 9.32. The number of piperazine rings is 1. The number of hydrogen-bond donors (Lipinski definition) is 3. The first-order chi connectivity index (χ1) is 27.3. The van der Waals surface area contributed by atoms with Gasteiger partial charge >= 0.3 is 12.1 Å². The second-order valence-corrected chi connectivity index (χ2v) is 14.4. The van der Waals surface area contributed by atoms with E-state index in [0.717, 1.165) is 0 Å². The molecule has 0 spiro atoms. The van der Waals surface area contributed by atoms with Crippen LogP contribution in [0.3, 0.4) is 0 Å². The Morgan fingerprint density at radius 1 is 0.982 bits per heavy atom. The molecule has 6 rings (SSSR count). The Hall–Kier alpha value is -6.65. The van der Waals surface area contributed by atoms with Crippen LogP contribution in [0.15, 0.2) is 84.0 Å². The van der Waals surface area contributed by atoms with Gasteiger partial charge in [0.25, 0.3) is 5.56 Å². The van der Waals surface area contributed by atoms with E-state index in [9.17, 15) is 23.6 Å². The summed E-state index contributed by atoms with van der Waals surface area (Å²) < 4.78 is 31.8. The number of hydrogen-bond acceptors (Lipinski definition) is 10. The van der Waals surface area contributed by atoms with E-state index in [1.807, 2.05) is 0 Å². The molecule has 0 saturated carbocycles. The van der Waals surface area contributed by atoms with Gasteiger partial charge in [0, 0.05) is 43.2 Å². The number of rotatable bonds is 11. The van der Waals surface area contributed by atoms with E-state index in [1.54, 1.807) is 86.3 Å². The second kappa shape index (κ2) is 17.0. The van der Waals surface area contributed by atoms with Gasteiger partial charge in [-0.25, -0.2) is 28.6 Å². The summed E-state index contributed by atoms with van der Waals surface area (Å²) in [6.45, 7) is 7.77. The molecule has 0 radical (unpaired) electrons. The highest BCUT2D eigenvalue weighted by Crippen LogP contribution is 2.37. The summed E-state index contributed by atoms with van der Waals surface area (Å²) in [7, 11) is 2.98. The summed E-state index contributed by atoms with van der Waals surface area (Å²) in [4.78, 5) is 70.7. The summed E-state index contributed by atoms with van der Waals surface area (Å²) in [6.07, 6.45) is 2.50. The number of aromatic nitrogens is 4. The average Bonchev–Trinajstić information content (AvgIpc) is 3.71. The van der Waals surface area contributed by atoms with Crippen molar-refractivity contribution in [2.75, 3.05) is 55.6 Å². The van der Waals surface area contributed by atoms with Gasteiger partial charge in [-0.15, -0.1) is 0 Å². The topological polar surface area (TPSA) is 176 Å². The minimum Gasteiger partial charge on any atom is -0.497 e. The molecule has 300 valence electrons. The van der Waals surface area contributed by atoms with Crippen LogP contribution < -0.4 is 35.6 Å². The number of benzene rings is 3. The predicted octanol–water partition coefficient (Wildman–Crippen LogP) is 4.99. The van der Waals surface area contributed by atoms with Crippen LogP contribution in [0.1, 0.15) is 45.3 Å². The van der Waals surface area contributed by atoms with Gasteiger partial charge in [-0.3, -0.25) is 14.5 Å². The molecule has 1 unspecified atom stereocenters. The molecule has 1 saturated heterocycles. The van der Waals surface area contributed by atoms with Crippen molar-refractivity contribution in [2.24, 2.45) is 0 Å². The van der Waals surface area contributed by atoms with Gasteiger partial charge in [0.05, 0.1) is 56.3 Å². The van der Waals surface area contributed by atoms with Crippen molar-refractivity contribution in [3.63, 3.8) is 0 Å². The van der Waals surface area contributed by atoms with Crippen molar-refractivity contribution in [1.82, 2.24) is 29.8 Å². The molecule has 0 bridgehead atoms. The Labute approximate surface area is 328 Å². The fraction of sp³-hybridized carbons (Fsp3) is 0.350. The number of halogens is 1. The molecule has 2 atom stereocenters. The smallest absolute Gasteiger partial charge is 0.408 e. The number of anilines is 2. The molecule has 1 aliphatic heterocycles. The van der Waals surface area contributed by atoms with Crippen LogP contribution in [0.25, 0.3) is 10.9 Å². The van der Waals surface area contributed by atoms with Gasteiger partial charge in [-0.05, 0) is 76.2 Å². The third-order valence-electron chi connectivity index (χ3n) is 9.32. The standard InChI is InChI=1S/C40H46FN9O7/c1-25(49(33-16-15-29(55-5)22-34(33)56-6)38(53)44-27-13-11-26(41)12-14-27)35-45-31-10-8-7-9-30(31)36(51)50(35)48-19-17-47(18-20-48)37(52)32(21-28-23-42-24-43-28)46-39(54)57-40(2,3)4/h7-16,22-25,32H,17-21H2,1-6H3,(H,42,43)(H,44,53)(H,46,54)/t25?,32-/m0/s1. The minimum absolute atomic E-state index is 0.151. The van der Waals surface area contributed by atoms with E-state index in [0.29, 0.717) is 39.5 Å². The fourth-order valence-electron chi connectivity index (χ4n) is 6.60. The number of ether oxygens (including phenoxy) is 3. The zero-order valence-corrected chi connectivity index (χ0v) is 32.6. The highest BCUT2D eigenvalue weighted by Gasteiger charge is 2.35. The molecule has 17 heteroatoms. The second-order valence-electron chi connectivity index (χ2n) is 14.4. The summed E-state index contributed by atoms with van der Waals surface area (Å²) in [5.74, 6) is 0.233. The quantitative estimate of drug-likeness (QED) is 0.166. The maximum atomic E-state index is 14.5. The molecule has 1 aliphatic rings. The number of nitrogens with one attached hydrogen (secondary N) is 3. The van der Waals surface area contributed by atoms with Crippen LogP contribution in [0.2, 0.25) is 0 Å². The normalized spacial score (nSPS) is 14.1. The molecular formula is C40H46FN9O7. The third kappa shape index (κ3) is 9.25. The van der Waals surface area contributed by atoms with Gasteiger partial charge in [-0.1, -0.05) is 12.1 Å². The highest BCUT2D eigenvalue weighted by atomic mass is 19.1. The number of H-pyrrole nitrogens is 1. The number of carbonyl (C=O) groups excluding carboxylic acids is 3. The van der Waals surface area contributed by atoms with E-state index in [2.05, 4.69) is 20.6 Å². The first-order valence-electron chi connectivity index (χ1n) is 18.4. The number of aromatic amines is 1. The van der Waals surface area contributed by atoms with Crippen molar-refractivity contribution in [2.45, 2.75) is 51.8 Å². The number of urea groups is 1. The largest absolute Gasteiger partial charge is 0.497 e. The van der Waals surface area contributed by atoms with E-state index in [4.69, 9.17) is 19.2 Å². The van der Waals surface area contributed by atoms with Crippen molar-refractivity contribution in [3.8, 4) is 11.5 Å². The molecule has 16 nitrogen and oxygen atoms in total. The summed E-state index contributed by atoms with van der Waals surface area (Å²) in [6, 6.07) is 14.8. The maximum Gasteiger partial charge on any atom is 0.408 e. The molecule has 0 aliphatic carbocycles. The lowest BCUT2D eigenvalue weighted by molar-refractivity contribution is -0.134. The van der Waals surface area contributed by atoms with Crippen LogP contribution in [0, 0.1) is 5.82 Å². The first-order valence-corrected chi connectivity index (χ1v) is 18.4. The Balaban J connectivity index is 1.34. The van der Waals surface area contributed by atoms with Gasteiger partial charge in [0.15, 0.2) is 5.82 Å². The number of carbonyl (C=O) groups is 3. The number of fused-ring (bicyclic) bond motifs is 1. The van der Waals surface area contributed by atoms with Gasteiger partial charge in [0.2, 0.25) is 5.91 Å². The van der Waals surface area contributed by atoms with Crippen molar-refractivity contribution in [3.05, 3.63) is 107 Å². The molecule has 3 heterocycles. The van der Waals surface area contributed by atoms with Gasteiger partial charge in [-0.2, -0.15) is 0 Å². The van der Waals surface area contributed by atoms with E-state index in [1.165, 1.54) is 54.4 Å². The average molecular weight is 784 g/mol. The lowest BCUT2D eigenvalue weighted by atomic mass is 10.1.